The van der Waals surface area contributed by atoms with Crippen LogP contribution >= 0.6 is 0 Å². The number of halogens is 3. The van der Waals surface area contributed by atoms with Gasteiger partial charge in [-0.3, -0.25) is 0 Å². The van der Waals surface area contributed by atoms with Crippen LogP contribution in [-0.2, 0) is 11.3 Å². The first-order valence-corrected chi connectivity index (χ1v) is 6.90. The van der Waals surface area contributed by atoms with Gasteiger partial charge < -0.3 is 10.1 Å². The summed E-state index contributed by atoms with van der Waals surface area (Å²) in [5.41, 5.74) is -0.130. The Hall–Kier alpha value is -1.76. The zero-order valence-corrected chi connectivity index (χ0v) is 12.9. The molecule has 0 unspecified atom stereocenters. The molecule has 0 aromatic heterocycles. The van der Waals surface area contributed by atoms with Gasteiger partial charge >= 0.3 is 12.4 Å². The summed E-state index contributed by atoms with van der Waals surface area (Å²) in [5, 5.41) is 2.32. The van der Waals surface area contributed by atoms with Crippen LogP contribution in [0.1, 0.15) is 26.3 Å². The lowest BCUT2D eigenvalue weighted by atomic mass is 10.2. The highest BCUT2D eigenvalue weighted by Crippen LogP contribution is 2.23. The molecule has 22 heavy (non-hydrogen) atoms. The Kier molecular flexibility index (Phi) is 6.22. The number of amides is 1. The van der Waals surface area contributed by atoms with Crippen LogP contribution in [0.2, 0.25) is 0 Å². The van der Waals surface area contributed by atoms with Gasteiger partial charge in [0.25, 0.3) is 0 Å². The summed E-state index contributed by atoms with van der Waals surface area (Å²) in [4.78, 5) is 11.8. The molecule has 0 bridgehead atoms. The molecule has 1 aromatic rings. The highest BCUT2D eigenvalue weighted by atomic mass is 19.4. The molecule has 0 aliphatic heterocycles. The molecule has 4 nitrogen and oxygen atoms in total. The van der Waals surface area contributed by atoms with E-state index in [9.17, 15) is 18.0 Å². The summed E-state index contributed by atoms with van der Waals surface area (Å²) in [6, 6.07) is 8.36. The predicted molar refractivity (Wildman–Crippen MR) is 77.1 cm³/mol. The van der Waals surface area contributed by atoms with Crippen LogP contribution < -0.4 is 5.32 Å². The van der Waals surface area contributed by atoms with E-state index in [1.54, 1.807) is 51.1 Å². The fourth-order valence-electron chi connectivity index (χ4n) is 1.71. The normalized spacial score (nSPS) is 12.3. The number of alkyl carbamates (subject to hydrolysis) is 1. The number of hydrogen-bond donors (Lipinski definition) is 1. The first kappa shape index (κ1) is 18.3. The van der Waals surface area contributed by atoms with Crippen molar-refractivity contribution in [2.75, 3.05) is 13.1 Å². The minimum Gasteiger partial charge on any atom is -0.444 e. The third kappa shape index (κ3) is 7.31. The van der Waals surface area contributed by atoms with Gasteiger partial charge in [0, 0.05) is 19.6 Å². The minimum atomic E-state index is -4.47. The van der Waals surface area contributed by atoms with E-state index in [0.29, 0.717) is 10.5 Å². The summed E-state index contributed by atoms with van der Waals surface area (Å²) < 4.78 is 43.9. The molecular formula is C15H21F3N2O2. The van der Waals surface area contributed by atoms with Crippen LogP contribution in [0, 0.1) is 0 Å². The van der Waals surface area contributed by atoms with Crippen molar-refractivity contribution in [1.82, 2.24) is 10.2 Å². The lowest BCUT2D eigenvalue weighted by Crippen LogP contribution is -2.43. The quantitative estimate of drug-likeness (QED) is 0.845. The van der Waals surface area contributed by atoms with Crippen molar-refractivity contribution in [3.8, 4) is 0 Å². The monoisotopic (exact) mass is 318 g/mol. The molecule has 124 valence electrons. The number of carbonyl (C=O) groups is 1. The molecule has 0 saturated carbocycles. The zero-order chi connectivity index (χ0) is 16.8. The Morgan fingerprint density at radius 2 is 1.77 bits per heavy atom. The van der Waals surface area contributed by atoms with Gasteiger partial charge in [0.2, 0.25) is 0 Å². The Bertz CT molecular complexity index is 470. The molecule has 0 spiro atoms. The molecular weight excluding hydrogens is 297 g/mol. The van der Waals surface area contributed by atoms with Gasteiger partial charge in [0.15, 0.2) is 0 Å². The van der Waals surface area contributed by atoms with E-state index in [1.165, 1.54) is 0 Å². The van der Waals surface area contributed by atoms with Crippen molar-refractivity contribution in [3.05, 3.63) is 35.9 Å². The number of nitrogens with zero attached hydrogens (tertiary/aromatic N) is 1. The Morgan fingerprint density at radius 3 is 2.27 bits per heavy atom. The number of carbonyl (C=O) groups excluding carboxylic acids is 1. The summed E-state index contributed by atoms with van der Waals surface area (Å²) in [6.45, 7) is 4.29. The molecule has 0 radical (unpaired) electrons. The SMILES string of the molecule is CC(C)(C)OC(=O)NCCN(Cc1ccccc1)C(F)(F)F. The Balaban J connectivity index is 2.51. The summed E-state index contributed by atoms with van der Waals surface area (Å²) in [7, 11) is 0. The molecule has 1 aromatic carbocycles. The summed E-state index contributed by atoms with van der Waals surface area (Å²) in [6.07, 6.45) is -5.19. The maximum Gasteiger partial charge on any atom is 0.460 e. The first-order valence-electron chi connectivity index (χ1n) is 6.90. The van der Waals surface area contributed by atoms with Crippen molar-refractivity contribution < 1.29 is 22.7 Å². The van der Waals surface area contributed by atoms with Gasteiger partial charge in [-0.2, -0.15) is 13.2 Å². The van der Waals surface area contributed by atoms with E-state index in [0.717, 1.165) is 0 Å². The largest absolute Gasteiger partial charge is 0.460 e. The fourth-order valence-corrected chi connectivity index (χ4v) is 1.71. The van der Waals surface area contributed by atoms with Crippen LogP contribution in [0.25, 0.3) is 0 Å². The molecule has 0 heterocycles. The van der Waals surface area contributed by atoms with Crippen LogP contribution in [-0.4, -0.2) is 36.0 Å². The van der Waals surface area contributed by atoms with Crippen molar-refractivity contribution in [2.24, 2.45) is 0 Å². The number of alkyl halides is 3. The van der Waals surface area contributed by atoms with Gasteiger partial charge in [-0.25, -0.2) is 9.69 Å². The predicted octanol–water partition coefficient (Wildman–Crippen LogP) is 3.53. The number of nitrogens with one attached hydrogen (secondary N) is 1. The average Bonchev–Trinajstić information content (AvgIpc) is 2.35. The van der Waals surface area contributed by atoms with Crippen LogP contribution in [0.4, 0.5) is 18.0 Å². The number of rotatable bonds is 5. The highest BCUT2D eigenvalue weighted by molar-refractivity contribution is 5.67. The number of benzene rings is 1. The van der Waals surface area contributed by atoms with E-state index >= 15 is 0 Å². The molecule has 1 N–H and O–H groups in total. The number of ether oxygens (including phenoxy) is 1. The van der Waals surface area contributed by atoms with Gasteiger partial charge in [-0.1, -0.05) is 30.3 Å². The van der Waals surface area contributed by atoms with Crippen LogP contribution in [0.3, 0.4) is 0 Å². The molecule has 7 heteroatoms. The van der Waals surface area contributed by atoms with Gasteiger partial charge in [0.1, 0.15) is 5.60 Å². The van der Waals surface area contributed by atoms with Crippen molar-refractivity contribution in [2.45, 2.75) is 39.2 Å². The van der Waals surface area contributed by atoms with Gasteiger partial charge in [-0.05, 0) is 26.3 Å². The second-order valence-corrected chi connectivity index (χ2v) is 5.80. The van der Waals surface area contributed by atoms with E-state index < -0.39 is 18.0 Å². The zero-order valence-electron chi connectivity index (χ0n) is 12.9. The van der Waals surface area contributed by atoms with E-state index in [2.05, 4.69) is 5.32 Å². The molecule has 1 amide bonds. The Labute approximate surface area is 128 Å². The van der Waals surface area contributed by atoms with Crippen LogP contribution in [0.15, 0.2) is 30.3 Å². The first-order chi connectivity index (χ1) is 10.1. The van der Waals surface area contributed by atoms with Crippen molar-refractivity contribution in [1.29, 1.82) is 0 Å². The summed E-state index contributed by atoms with van der Waals surface area (Å²) >= 11 is 0. The lowest BCUT2D eigenvalue weighted by Gasteiger charge is -2.25. The standard InChI is InChI=1S/C15H21F3N2O2/c1-14(2,3)22-13(21)19-9-10-20(15(16,17)18)11-12-7-5-4-6-8-12/h4-8H,9-11H2,1-3H3,(H,19,21). The second-order valence-electron chi connectivity index (χ2n) is 5.80. The minimum absolute atomic E-state index is 0.152. The third-order valence-corrected chi connectivity index (χ3v) is 2.62. The molecule has 1 rings (SSSR count). The average molecular weight is 318 g/mol. The second kappa shape index (κ2) is 7.49. The molecule has 0 aliphatic rings. The Morgan fingerprint density at radius 1 is 1.18 bits per heavy atom. The molecule has 0 atom stereocenters. The van der Waals surface area contributed by atoms with Gasteiger partial charge in [-0.15, -0.1) is 0 Å². The van der Waals surface area contributed by atoms with Gasteiger partial charge in [0.05, 0.1) is 0 Å². The number of hydrogen-bond acceptors (Lipinski definition) is 3. The molecule has 0 fully saturated rings. The molecule has 0 aliphatic carbocycles. The van der Waals surface area contributed by atoms with Crippen molar-refractivity contribution >= 4 is 6.09 Å². The van der Waals surface area contributed by atoms with Crippen molar-refractivity contribution in [3.63, 3.8) is 0 Å². The van der Waals surface area contributed by atoms with E-state index in [4.69, 9.17) is 4.74 Å². The van der Waals surface area contributed by atoms with E-state index in [-0.39, 0.29) is 19.6 Å². The fraction of sp³-hybridized carbons (Fsp3) is 0.533. The topological polar surface area (TPSA) is 41.6 Å². The molecule has 0 saturated heterocycles. The smallest absolute Gasteiger partial charge is 0.444 e. The lowest BCUT2D eigenvalue weighted by molar-refractivity contribution is -0.248. The van der Waals surface area contributed by atoms with Crippen LogP contribution in [0.5, 0.6) is 0 Å². The maximum absolute atomic E-state index is 13.0. The maximum atomic E-state index is 13.0. The third-order valence-electron chi connectivity index (χ3n) is 2.62. The van der Waals surface area contributed by atoms with E-state index in [1.807, 2.05) is 0 Å². The highest BCUT2D eigenvalue weighted by Gasteiger charge is 2.36. The summed E-state index contributed by atoms with van der Waals surface area (Å²) in [5.74, 6) is 0.